The molecule has 23 heavy (non-hydrogen) atoms. The maximum Gasteiger partial charge on any atom is 0.269 e. The van der Waals surface area contributed by atoms with E-state index in [0.717, 1.165) is 0 Å². The van der Waals surface area contributed by atoms with Gasteiger partial charge in [0, 0.05) is 19.9 Å². The molecule has 1 aromatic carbocycles. The van der Waals surface area contributed by atoms with Crippen molar-refractivity contribution in [2.45, 2.75) is 0 Å². The van der Waals surface area contributed by atoms with Gasteiger partial charge in [-0.15, -0.1) is 0 Å². The van der Waals surface area contributed by atoms with Gasteiger partial charge in [0.25, 0.3) is 5.91 Å². The van der Waals surface area contributed by atoms with Crippen molar-refractivity contribution in [3.05, 3.63) is 42.2 Å². The molecule has 0 radical (unpaired) electrons. The number of nitrogens with zero attached hydrogens (tertiary/aromatic N) is 2. The molecule has 0 saturated carbocycles. The standard InChI is InChI=1S/C15H19N5O3/c1-23-9-7-17-10-14(21)18-11-4-2-3-5-13(11)20-8-6-12(19-20)15(16)22/h2-6,8,17H,7,9-10H2,1H3,(H2,16,22)(H,18,21). The maximum absolute atomic E-state index is 12.0. The van der Waals surface area contributed by atoms with Crippen LogP contribution in [0.15, 0.2) is 36.5 Å². The third-order valence-corrected chi connectivity index (χ3v) is 3.04. The van der Waals surface area contributed by atoms with Gasteiger partial charge in [0.05, 0.1) is 24.5 Å². The van der Waals surface area contributed by atoms with Crippen molar-refractivity contribution in [1.82, 2.24) is 15.1 Å². The van der Waals surface area contributed by atoms with Crippen molar-refractivity contribution in [3.8, 4) is 5.69 Å². The number of ether oxygens (including phenoxy) is 1. The summed E-state index contributed by atoms with van der Waals surface area (Å²) in [5.74, 6) is -0.788. The number of anilines is 1. The summed E-state index contributed by atoms with van der Waals surface area (Å²) in [6, 6.07) is 8.68. The maximum atomic E-state index is 12.0. The number of amides is 2. The van der Waals surface area contributed by atoms with E-state index in [9.17, 15) is 9.59 Å². The van der Waals surface area contributed by atoms with E-state index in [0.29, 0.717) is 24.5 Å². The quantitative estimate of drug-likeness (QED) is 0.600. The number of carbonyl (C=O) groups is 2. The zero-order valence-electron chi connectivity index (χ0n) is 12.8. The minimum absolute atomic E-state index is 0.160. The topological polar surface area (TPSA) is 111 Å². The van der Waals surface area contributed by atoms with Crippen LogP contribution < -0.4 is 16.4 Å². The first-order valence-corrected chi connectivity index (χ1v) is 7.06. The van der Waals surface area contributed by atoms with Gasteiger partial charge in [-0.3, -0.25) is 9.59 Å². The molecule has 122 valence electrons. The summed E-state index contributed by atoms with van der Waals surface area (Å²) in [5.41, 5.74) is 6.59. The molecule has 8 heteroatoms. The largest absolute Gasteiger partial charge is 0.383 e. The van der Waals surface area contributed by atoms with Crippen LogP contribution in [0.5, 0.6) is 0 Å². The molecule has 1 aromatic heterocycles. The molecular formula is C15H19N5O3. The molecule has 2 amide bonds. The molecule has 0 fully saturated rings. The first-order valence-electron chi connectivity index (χ1n) is 7.06. The highest BCUT2D eigenvalue weighted by Gasteiger charge is 2.11. The number of rotatable bonds is 8. The summed E-state index contributed by atoms with van der Waals surface area (Å²) in [4.78, 5) is 23.1. The molecule has 0 spiro atoms. The van der Waals surface area contributed by atoms with Crippen LogP contribution in [0.1, 0.15) is 10.5 Å². The lowest BCUT2D eigenvalue weighted by molar-refractivity contribution is -0.115. The van der Waals surface area contributed by atoms with Gasteiger partial charge in [-0.25, -0.2) is 4.68 Å². The molecule has 0 bridgehead atoms. The summed E-state index contributed by atoms with van der Waals surface area (Å²) in [5, 5.41) is 9.86. The van der Waals surface area contributed by atoms with E-state index in [2.05, 4.69) is 15.7 Å². The normalized spacial score (nSPS) is 10.5. The third kappa shape index (κ3) is 4.63. The summed E-state index contributed by atoms with van der Waals surface area (Å²) < 4.78 is 6.39. The highest BCUT2D eigenvalue weighted by Crippen LogP contribution is 2.19. The van der Waals surface area contributed by atoms with Crippen LogP contribution in [-0.4, -0.2) is 48.4 Å². The Bertz CT molecular complexity index is 683. The molecule has 2 aromatic rings. The number of aromatic nitrogens is 2. The van der Waals surface area contributed by atoms with Crippen LogP contribution in [0.4, 0.5) is 5.69 Å². The fourth-order valence-electron chi connectivity index (χ4n) is 1.94. The first kappa shape index (κ1) is 16.7. The second-order valence-corrected chi connectivity index (χ2v) is 4.74. The van der Waals surface area contributed by atoms with E-state index in [-0.39, 0.29) is 18.1 Å². The molecule has 8 nitrogen and oxygen atoms in total. The number of methoxy groups -OCH3 is 1. The molecule has 2 rings (SSSR count). The Hall–Kier alpha value is -2.71. The van der Waals surface area contributed by atoms with Crippen molar-refractivity contribution in [1.29, 1.82) is 0 Å². The predicted octanol–water partition coefficient (Wildman–Crippen LogP) is 0.146. The summed E-state index contributed by atoms with van der Waals surface area (Å²) in [6.07, 6.45) is 1.61. The van der Waals surface area contributed by atoms with Crippen LogP contribution in [0.3, 0.4) is 0 Å². The van der Waals surface area contributed by atoms with E-state index >= 15 is 0 Å². The lowest BCUT2D eigenvalue weighted by atomic mass is 10.2. The number of primary amides is 1. The lowest BCUT2D eigenvalue weighted by Crippen LogP contribution is -2.30. The van der Waals surface area contributed by atoms with Gasteiger partial charge in [-0.1, -0.05) is 12.1 Å². The number of carbonyl (C=O) groups excluding carboxylic acids is 2. The second-order valence-electron chi connectivity index (χ2n) is 4.74. The third-order valence-electron chi connectivity index (χ3n) is 3.04. The first-order chi connectivity index (χ1) is 11.1. The fourth-order valence-corrected chi connectivity index (χ4v) is 1.94. The monoisotopic (exact) mass is 317 g/mol. The van der Waals surface area contributed by atoms with Crippen molar-refractivity contribution in [2.75, 3.05) is 32.1 Å². The van der Waals surface area contributed by atoms with Crippen molar-refractivity contribution in [2.24, 2.45) is 5.73 Å². The minimum Gasteiger partial charge on any atom is -0.383 e. The fraction of sp³-hybridized carbons (Fsp3) is 0.267. The number of para-hydroxylation sites is 2. The summed E-state index contributed by atoms with van der Waals surface area (Å²) in [6.45, 7) is 1.29. The lowest BCUT2D eigenvalue weighted by Gasteiger charge is -2.11. The highest BCUT2D eigenvalue weighted by atomic mass is 16.5. The number of nitrogens with one attached hydrogen (secondary N) is 2. The van der Waals surface area contributed by atoms with Crippen LogP contribution in [0.2, 0.25) is 0 Å². The predicted molar refractivity (Wildman–Crippen MR) is 85.5 cm³/mol. The molecule has 0 unspecified atom stereocenters. The van der Waals surface area contributed by atoms with E-state index in [1.165, 1.54) is 10.7 Å². The van der Waals surface area contributed by atoms with Crippen LogP contribution in [0, 0.1) is 0 Å². The molecule has 0 aliphatic heterocycles. The SMILES string of the molecule is COCCNCC(=O)Nc1ccccc1-n1ccc(C(N)=O)n1. The number of hydrogen-bond acceptors (Lipinski definition) is 5. The van der Waals surface area contributed by atoms with Gasteiger partial charge in [-0.05, 0) is 18.2 Å². The van der Waals surface area contributed by atoms with Gasteiger partial charge >= 0.3 is 0 Å². The average Bonchev–Trinajstić information content (AvgIpc) is 3.02. The van der Waals surface area contributed by atoms with Crippen molar-refractivity contribution in [3.63, 3.8) is 0 Å². The Balaban J connectivity index is 2.08. The highest BCUT2D eigenvalue weighted by molar-refractivity contribution is 5.94. The van der Waals surface area contributed by atoms with E-state index in [1.807, 2.05) is 6.07 Å². The van der Waals surface area contributed by atoms with E-state index in [4.69, 9.17) is 10.5 Å². The van der Waals surface area contributed by atoms with E-state index < -0.39 is 5.91 Å². The Labute approximate surface area is 133 Å². The molecule has 0 aliphatic rings. The molecule has 0 saturated heterocycles. The summed E-state index contributed by atoms with van der Waals surface area (Å²) >= 11 is 0. The average molecular weight is 317 g/mol. The van der Waals surface area contributed by atoms with Gasteiger partial charge in [-0.2, -0.15) is 5.10 Å². The second kappa shape index (κ2) is 8.06. The zero-order valence-corrected chi connectivity index (χ0v) is 12.8. The smallest absolute Gasteiger partial charge is 0.269 e. The number of benzene rings is 1. The van der Waals surface area contributed by atoms with Crippen LogP contribution >= 0.6 is 0 Å². The van der Waals surface area contributed by atoms with Gasteiger partial charge in [0.15, 0.2) is 0 Å². The van der Waals surface area contributed by atoms with E-state index in [1.54, 1.807) is 31.5 Å². The van der Waals surface area contributed by atoms with Gasteiger partial charge in [0.2, 0.25) is 5.91 Å². The molecular weight excluding hydrogens is 298 g/mol. The van der Waals surface area contributed by atoms with Crippen molar-refractivity contribution < 1.29 is 14.3 Å². The zero-order chi connectivity index (χ0) is 16.7. The Kier molecular flexibility index (Phi) is 5.84. The van der Waals surface area contributed by atoms with Crippen LogP contribution in [-0.2, 0) is 9.53 Å². The van der Waals surface area contributed by atoms with Crippen LogP contribution in [0.25, 0.3) is 5.69 Å². The van der Waals surface area contributed by atoms with Gasteiger partial charge < -0.3 is 21.1 Å². The molecule has 4 N–H and O–H groups in total. The van der Waals surface area contributed by atoms with Crippen molar-refractivity contribution >= 4 is 17.5 Å². The Morgan fingerprint density at radius 1 is 1.30 bits per heavy atom. The molecule has 0 atom stereocenters. The Morgan fingerprint density at radius 3 is 2.78 bits per heavy atom. The minimum atomic E-state index is -0.604. The number of hydrogen-bond donors (Lipinski definition) is 3. The molecule has 1 heterocycles. The summed E-state index contributed by atoms with van der Waals surface area (Å²) in [7, 11) is 1.60. The Morgan fingerprint density at radius 2 is 2.09 bits per heavy atom. The number of nitrogens with two attached hydrogens (primary N) is 1. The van der Waals surface area contributed by atoms with Gasteiger partial charge in [0.1, 0.15) is 5.69 Å². The molecule has 0 aliphatic carbocycles.